The lowest BCUT2D eigenvalue weighted by Gasteiger charge is -2.28. The van der Waals surface area contributed by atoms with Gasteiger partial charge in [-0.2, -0.15) is 5.10 Å². The van der Waals surface area contributed by atoms with Crippen molar-refractivity contribution in [2.24, 2.45) is 0 Å². The lowest BCUT2D eigenvalue weighted by molar-refractivity contribution is 0.0931. The number of hydrogen-bond donors (Lipinski definition) is 2. The molecule has 1 aliphatic heterocycles. The number of H-pyrrole nitrogens is 1. The SMILES string of the molecule is COc1ccc(C(CNC(=O)c2n[nH]c3c2CCCC3)N2CCCC2)cc1OC. The normalized spacial score (nSPS) is 17.6. The quantitative estimate of drug-likeness (QED) is 0.750. The molecule has 1 fully saturated rings. The molecule has 1 aromatic heterocycles. The van der Waals surface area contributed by atoms with Crippen LogP contribution in [0.15, 0.2) is 18.2 Å². The maximum absolute atomic E-state index is 12.9. The highest BCUT2D eigenvalue weighted by Gasteiger charge is 2.27. The van der Waals surface area contributed by atoms with Crippen LogP contribution in [0.1, 0.15) is 59.0 Å². The van der Waals surface area contributed by atoms with Crippen molar-refractivity contribution >= 4 is 5.91 Å². The highest BCUT2D eigenvalue weighted by molar-refractivity contribution is 5.94. The number of nitrogens with zero attached hydrogens (tertiary/aromatic N) is 2. The average Bonchev–Trinajstić information content (AvgIpc) is 3.43. The van der Waals surface area contributed by atoms with Gasteiger partial charge in [-0.15, -0.1) is 0 Å². The van der Waals surface area contributed by atoms with Crippen molar-refractivity contribution in [1.82, 2.24) is 20.4 Å². The number of aryl methyl sites for hydroxylation is 1. The van der Waals surface area contributed by atoms with Gasteiger partial charge in [-0.25, -0.2) is 0 Å². The number of benzene rings is 1. The molecule has 2 N–H and O–H groups in total. The number of fused-ring (bicyclic) bond motifs is 1. The van der Waals surface area contributed by atoms with E-state index in [2.05, 4.69) is 26.5 Å². The monoisotopic (exact) mass is 398 g/mol. The smallest absolute Gasteiger partial charge is 0.272 e. The Bertz CT molecular complexity index is 858. The molecule has 0 spiro atoms. The van der Waals surface area contributed by atoms with E-state index in [-0.39, 0.29) is 11.9 Å². The number of aromatic nitrogens is 2. The third kappa shape index (κ3) is 4.10. The first-order valence-corrected chi connectivity index (χ1v) is 10.5. The van der Waals surface area contributed by atoms with Crippen molar-refractivity contribution in [3.05, 3.63) is 40.7 Å². The number of ether oxygens (including phenoxy) is 2. The van der Waals surface area contributed by atoms with E-state index in [1.54, 1.807) is 14.2 Å². The van der Waals surface area contributed by atoms with Gasteiger partial charge in [0.15, 0.2) is 17.2 Å². The molecule has 7 nitrogen and oxygen atoms in total. The van der Waals surface area contributed by atoms with Crippen molar-refractivity contribution in [3.63, 3.8) is 0 Å². The second kappa shape index (κ2) is 8.86. The molecular weight excluding hydrogens is 368 g/mol. The van der Waals surface area contributed by atoms with Crippen LogP contribution in [0.3, 0.4) is 0 Å². The largest absolute Gasteiger partial charge is 0.493 e. The molecule has 0 radical (unpaired) electrons. The van der Waals surface area contributed by atoms with Crippen molar-refractivity contribution in [3.8, 4) is 11.5 Å². The maximum atomic E-state index is 12.9. The van der Waals surface area contributed by atoms with Gasteiger partial charge in [-0.1, -0.05) is 6.07 Å². The Labute approximate surface area is 171 Å². The third-order valence-corrected chi connectivity index (χ3v) is 6.10. The lowest BCUT2D eigenvalue weighted by atomic mass is 9.95. The minimum atomic E-state index is -0.0888. The highest BCUT2D eigenvalue weighted by Crippen LogP contribution is 2.33. The number of carbonyl (C=O) groups excluding carboxylic acids is 1. The van der Waals surface area contributed by atoms with E-state index in [1.165, 1.54) is 12.8 Å². The zero-order valence-electron chi connectivity index (χ0n) is 17.3. The van der Waals surface area contributed by atoms with Crippen LogP contribution in [-0.4, -0.2) is 54.9 Å². The summed E-state index contributed by atoms with van der Waals surface area (Å²) in [5.74, 6) is 1.33. The summed E-state index contributed by atoms with van der Waals surface area (Å²) in [6.45, 7) is 2.61. The predicted octanol–water partition coefficient (Wildman–Crippen LogP) is 2.87. The summed E-state index contributed by atoms with van der Waals surface area (Å²) in [5, 5.41) is 10.5. The summed E-state index contributed by atoms with van der Waals surface area (Å²) >= 11 is 0. The summed E-state index contributed by atoms with van der Waals surface area (Å²) in [6, 6.07) is 6.11. The number of aromatic amines is 1. The average molecular weight is 399 g/mol. The van der Waals surface area contributed by atoms with Gasteiger partial charge in [-0.05, 0) is 69.3 Å². The minimum absolute atomic E-state index is 0.0888. The van der Waals surface area contributed by atoms with Crippen LogP contribution in [0.5, 0.6) is 11.5 Å². The number of methoxy groups -OCH3 is 2. The summed E-state index contributed by atoms with van der Waals surface area (Å²) < 4.78 is 10.9. The van der Waals surface area contributed by atoms with E-state index in [0.29, 0.717) is 23.7 Å². The molecule has 1 aromatic carbocycles. The fourth-order valence-electron chi connectivity index (χ4n) is 4.51. The first-order chi connectivity index (χ1) is 14.2. The van der Waals surface area contributed by atoms with Gasteiger partial charge in [0.1, 0.15) is 0 Å². The molecule has 1 unspecified atom stereocenters. The van der Waals surface area contributed by atoms with Gasteiger partial charge in [0.25, 0.3) is 5.91 Å². The van der Waals surface area contributed by atoms with Crippen molar-refractivity contribution in [2.45, 2.75) is 44.6 Å². The minimum Gasteiger partial charge on any atom is -0.493 e. The second-order valence-corrected chi connectivity index (χ2v) is 7.82. The van der Waals surface area contributed by atoms with Crippen molar-refractivity contribution in [1.29, 1.82) is 0 Å². The Balaban J connectivity index is 1.52. The molecule has 156 valence electrons. The number of carbonyl (C=O) groups is 1. The number of likely N-dealkylation sites (tertiary alicyclic amines) is 1. The Hall–Kier alpha value is -2.54. The van der Waals surface area contributed by atoms with E-state index in [4.69, 9.17) is 9.47 Å². The summed E-state index contributed by atoms with van der Waals surface area (Å²) in [4.78, 5) is 15.3. The Kier molecular flexibility index (Phi) is 6.04. The van der Waals surface area contributed by atoms with Gasteiger partial charge in [-0.3, -0.25) is 14.8 Å². The van der Waals surface area contributed by atoms with E-state index >= 15 is 0 Å². The fraction of sp³-hybridized carbons (Fsp3) is 0.545. The zero-order chi connectivity index (χ0) is 20.2. The highest BCUT2D eigenvalue weighted by atomic mass is 16.5. The van der Waals surface area contributed by atoms with Gasteiger partial charge >= 0.3 is 0 Å². The van der Waals surface area contributed by atoms with E-state index in [1.807, 2.05) is 12.1 Å². The number of nitrogens with one attached hydrogen (secondary N) is 2. The lowest BCUT2D eigenvalue weighted by Crippen LogP contribution is -2.37. The molecule has 2 heterocycles. The summed E-state index contributed by atoms with van der Waals surface area (Å²) in [6.07, 6.45) is 6.56. The predicted molar refractivity (Wildman–Crippen MR) is 111 cm³/mol. The van der Waals surface area contributed by atoms with Crippen molar-refractivity contribution in [2.75, 3.05) is 33.9 Å². The van der Waals surface area contributed by atoms with Crippen LogP contribution >= 0.6 is 0 Å². The molecular formula is C22H30N4O3. The summed E-state index contributed by atoms with van der Waals surface area (Å²) in [5.41, 5.74) is 3.90. The van der Waals surface area contributed by atoms with Gasteiger partial charge < -0.3 is 14.8 Å². The Morgan fingerprint density at radius 3 is 2.66 bits per heavy atom. The van der Waals surface area contributed by atoms with E-state index in [9.17, 15) is 4.79 Å². The van der Waals surface area contributed by atoms with Crippen LogP contribution in [-0.2, 0) is 12.8 Å². The van der Waals surface area contributed by atoms with E-state index in [0.717, 1.165) is 55.6 Å². The van der Waals surface area contributed by atoms with Crippen LogP contribution in [0, 0.1) is 0 Å². The maximum Gasteiger partial charge on any atom is 0.272 e. The topological polar surface area (TPSA) is 79.5 Å². The molecule has 2 aliphatic rings. The molecule has 7 heteroatoms. The first-order valence-electron chi connectivity index (χ1n) is 10.5. The Morgan fingerprint density at radius 2 is 1.90 bits per heavy atom. The Morgan fingerprint density at radius 1 is 1.14 bits per heavy atom. The van der Waals surface area contributed by atoms with Gasteiger partial charge in [0.05, 0.1) is 20.3 Å². The van der Waals surface area contributed by atoms with Crippen LogP contribution in [0.2, 0.25) is 0 Å². The molecule has 0 saturated carbocycles. The molecule has 1 saturated heterocycles. The summed E-state index contributed by atoms with van der Waals surface area (Å²) in [7, 11) is 3.29. The van der Waals surface area contributed by atoms with Crippen LogP contribution in [0.25, 0.3) is 0 Å². The number of hydrogen-bond acceptors (Lipinski definition) is 5. The van der Waals surface area contributed by atoms with Crippen LogP contribution < -0.4 is 14.8 Å². The van der Waals surface area contributed by atoms with E-state index < -0.39 is 0 Å². The molecule has 0 bridgehead atoms. The molecule has 1 aliphatic carbocycles. The molecule has 4 rings (SSSR count). The molecule has 29 heavy (non-hydrogen) atoms. The molecule has 2 aromatic rings. The molecule has 1 amide bonds. The van der Waals surface area contributed by atoms with Crippen molar-refractivity contribution < 1.29 is 14.3 Å². The van der Waals surface area contributed by atoms with Crippen LogP contribution in [0.4, 0.5) is 0 Å². The van der Waals surface area contributed by atoms with Gasteiger partial charge in [0.2, 0.25) is 0 Å². The fourth-order valence-corrected chi connectivity index (χ4v) is 4.51. The molecule has 1 atom stereocenters. The first kappa shape index (κ1) is 19.8. The second-order valence-electron chi connectivity index (χ2n) is 7.82. The van der Waals surface area contributed by atoms with Gasteiger partial charge in [0, 0.05) is 17.8 Å². The standard InChI is InChI=1S/C22H30N4O3/c1-28-19-10-9-15(13-20(19)29-2)18(26-11-5-6-12-26)14-23-22(27)21-16-7-3-4-8-17(16)24-25-21/h9-10,13,18H,3-8,11-12,14H2,1-2H3,(H,23,27)(H,24,25). The zero-order valence-corrected chi connectivity index (χ0v) is 17.3. The third-order valence-electron chi connectivity index (χ3n) is 6.10. The number of amides is 1. The number of rotatable bonds is 7.